The Kier molecular flexibility index (Phi) is 6.20. The molecule has 8 nitrogen and oxygen atoms in total. The minimum Gasteiger partial charge on any atom is -0.477 e. The van der Waals surface area contributed by atoms with Gasteiger partial charge in [-0.25, -0.2) is 9.78 Å². The quantitative estimate of drug-likeness (QED) is 0.316. The number of nitro benzene ring substituents is 1. The first-order valence-corrected chi connectivity index (χ1v) is 9.61. The van der Waals surface area contributed by atoms with Crippen LogP contribution in [0.2, 0.25) is 5.02 Å². The SMILES string of the molecule is Cc1ccc(-c2csc(N/N=C(/Cc3ccccc3[N+](=O)[O-])C(=O)O)n2)cc1Cl. The number of nitro groups is 1. The molecule has 0 saturated heterocycles. The number of hydrogen-bond donors (Lipinski definition) is 2. The van der Waals surface area contributed by atoms with Crippen molar-refractivity contribution in [1.82, 2.24) is 4.98 Å². The molecule has 0 radical (unpaired) electrons. The number of hydrogen-bond acceptors (Lipinski definition) is 7. The molecule has 0 aliphatic carbocycles. The number of halogens is 1. The van der Waals surface area contributed by atoms with Crippen LogP contribution in [0.1, 0.15) is 11.1 Å². The summed E-state index contributed by atoms with van der Waals surface area (Å²) >= 11 is 7.39. The summed E-state index contributed by atoms with van der Waals surface area (Å²) in [5, 5.41) is 27.2. The lowest BCUT2D eigenvalue weighted by Gasteiger charge is -2.04. The van der Waals surface area contributed by atoms with E-state index >= 15 is 0 Å². The van der Waals surface area contributed by atoms with E-state index in [9.17, 15) is 20.0 Å². The fourth-order valence-electron chi connectivity index (χ4n) is 2.51. The number of aromatic nitrogens is 1. The van der Waals surface area contributed by atoms with E-state index in [2.05, 4.69) is 15.5 Å². The highest BCUT2D eigenvalue weighted by atomic mass is 35.5. The van der Waals surface area contributed by atoms with Crippen molar-refractivity contribution in [1.29, 1.82) is 0 Å². The predicted octanol–water partition coefficient (Wildman–Crippen LogP) is 4.78. The third-order valence-electron chi connectivity index (χ3n) is 4.05. The monoisotopic (exact) mass is 430 g/mol. The van der Waals surface area contributed by atoms with Gasteiger partial charge in [0.15, 0.2) is 0 Å². The van der Waals surface area contributed by atoms with E-state index in [0.29, 0.717) is 15.8 Å². The van der Waals surface area contributed by atoms with Crippen LogP contribution in [0.3, 0.4) is 0 Å². The first-order valence-electron chi connectivity index (χ1n) is 8.35. The molecule has 0 fully saturated rings. The molecule has 3 rings (SSSR count). The molecule has 10 heteroatoms. The Morgan fingerprint density at radius 3 is 2.79 bits per heavy atom. The van der Waals surface area contributed by atoms with E-state index in [0.717, 1.165) is 11.1 Å². The number of carbonyl (C=O) groups is 1. The third-order valence-corrected chi connectivity index (χ3v) is 5.21. The molecule has 2 N–H and O–H groups in total. The molecular weight excluding hydrogens is 416 g/mol. The van der Waals surface area contributed by atoms with Crippen LogP contribution >= 0.6 is 22.9 Å². The molecule has 1 aromatic heterocycles. The zero-order chi connectivity index (χ0) is 21.0. The minimum absolute atomic E-state index is 0.158. The van der Waals surface area contributed by atoms with E-state index in [1.165, 1.54) is 29.5 Å². The van der Waals surface area contributed by atoms with Crippen LogP contribution in [0.15, 0.2) is 52.9 Å². The number of rotatable bonds is 7. The first-order chi connectivity index (χ1) is 13.8. The molecule has 1 heterocycles. The number of thiazole rings is 1. The van der Waals surface area contributed by atoms with Crippen LogP contribution in [0.5, 0.6) is 0 Å². The number of carboxylic acids is 1. The van der Waals surface area contributed by atoms with Crippen LogP contribution < -0.4 is 5.43 Å². The Labute approximate surface area is 174 Å². The first kappa shape index (κ1) is 20.4. The molecule has 0 unspecified atom stereocenters. The van der Waals surface area contributed by atoms with Crippen LogP contribution in [-0.4, -0.2) is 26.7 Å². The summed E-state index contributed by atoms with van der Waals surface area (Å²) in [4.78, 5) is 26.5. The van der Waals surface area contributed by atoms with Crippen molar-refractivity contribution in [3.8, 4) is 11.3 Å². The Bertz CT molecular complexity index is 1110. The Balaban J connectivity index is 1.80. The number of anilines is 1. The van der Waals surface area contributed by atoms with Gasteiger partial charge >= 0.3 is 5.97 Å². The lowest BCUT2D eigenvalue weighted by Crippen LogP contribution is -2.18. The Morgan fingerprint density at radius 2 is 2.10 bits per heavy atom. The zero-order valence-electron chi connectivity index (χ0n) is 15.1. The van der Waals surface area contributed by atoms with Gasteiger partial charge in [0.05, 0.1) is 10.6 Å². The molecule has 0 atom stereocenters. The normalized spacial score (nSPS) is 11.3. The van der Waals surface area contributed by atoms with E-state index in [1.54, 1.807) is 17.5 Å². The highest BCUT2D eigenvalue weighted by Crippen LogP contribution is 2.28. The van der Waals surface area contributed by atoms with Gasteiger partial charge in [0.1, 0.15) is 5.71 Å². The zero-order valence-corrected chi connectivity index (χ0v) is 16.7. The average Bonchev–Trinajstić information content (AvgIpc) is 3.16. The number of carboxylic acid groups (broad SMARTS) is 1. The number of hydrazone groups is 1. The lowest BCUT2D eigenvalue weighted by molar-refractivity contribution is -0.385. The van der Waals surface area contributed by atoms with Gasteiger partial charge in [-0.05, 0) is 18.6 Å². The molecule has 0 aliphatic heterocycles. The fourth-order valence-corrected chi connectivity index (χ4v) is 3.35. The molecule has 29 heavy (non-hydrogen) atoms. The molecule has 0 spiro atoms. The van der Waals surface area contributed by atoms with Crippen LogP contribution in [0.25, 0.3) is 11.3 Å². The largest absolute Gasteiger partial charge is 0.477 e. The summed E-state index contributed by atoms with van der Waals surface area (Å²) in [6.07, 6.45) is -0.203. The Morgan fingerprint density at radius 1 is 1.34 bits per heavy atom. The molecule has 2 aromatic carbocycles. The Hall–Kier alpha value is -3.30. The van der Waals surface area contributed by atoms with E-state index < -0.39 is 10.9 Å². The van der Waals surface area contributed by atoms with E-state index in [-0.39, 0.29) is 23.4 Å². The average molecular weight is 431 g/mol. The predicted molar refractivity (Wildman–Crippen MR) is 113 cm³/mol. The van der Waals surface area contributed by atoms with Gasteiger partial charge < -0.3 is 5.11 Å². The smallest absolute Gasteiger partial charge is 0.352 e. The van der Waals surface area contributed by atoms with Gasteiger partial charge in [-0.15, -0.1) is 11.3 Å². The van der Waals surface area contributed by atoms with Gasteiger partial charge in [0.25, 0.3) is 5.69 Å². The maximum Gasteiger partial charge on any atom is 0.352 e. The fraction of sp³-hybridized carbons (Fsp3) is 0.105. The number of nitrogens with zero attached hydrogens (tertiary/aromatic N) is 3. The summed E-state index contributed by atoms with van der Waals surface area (Å²) in [6, 6.07) is 11.5. The summed E-state index contributed by atoms with van der Waals surface area (Å²) in [6.45, 7) is 1.90. The van der Waals surface area contributed by atoms with Crippen molar-refractivity contribution in [3.05, 3.63) is 74.1 Å². The standard InChI is InChI=1S/C19H15ClN4O4S/c1-11-6-7-12(8-14(11)20)16-10-29-19(21-16)23-22-15(18(25)26)9-13-4-2-3-5-17(13)24(27)28/h2-8,10H,9H2,1H3,(H,21,23)(H,25,26)/b22-15-. The van der Waals surface area contributed by atoms with Gasteiger partial charge in [-0.2, -0.15) is 5.10 Å². The number of para-hydroxylation sites is 1. The molecule has 0 amide bonds. The maximum absolute atomic E-state index is 11.5. The third kappa shape index (κ3) is 4.95. The van der Waals surface area contributed by atoms with Crippen molar-refractivity contribution >= 4 is 45.4 Å². The summed E-state index contributed by atoms with van der Waals surface area (Å²) < 4.78 is 0. The van der Waals surface area contributed by atoms with Crippen LogP contribution in [0.4, 0.5) is 10.8 Å². The second-order valence-corrected chi connectivity index (χ2v) is 7.31. The summed E-state index contributed by atoms with van der Waals surface area (Å²) in [5.41, 5.74) is 4.91. The number of nitrogens with one attached hydrogen (secondary N) is 1. The molecular formula is C19H15ClN4O4S. The maximum atomic E-state index is 11.5. The van der Waals surface area contributed by atoms with Gasteiger partial charge in [0, 0.05) is 34.0 Å². The van der Waals surface area contributed by atoms with E-state index in [1.807, 2.05) is 19.1 Å². The molecule has 3 aromatic rings. The van der Waals surface area contributed by atoms with Crippen molar-refractivity contribution in [2.45, 2.75) is 13.3 Å². The molecule has 148 valence electrons. The van der Waals surface area contributed by atoms with Crippen LogP contribution in [0, 0.1) is 17.0 Å². The number of benzene rings is 2. The highest BCUT2D eigenvalue weighted by molar-refractivity contribution is 7.14. The lowest BCUT2D eigenvalue weighted by atomic mass is 10.1. The molecule has 0 aliphatic rings. The number of aliphatic carboxylic acids is 1. The second-order valence-electron chi connectivity index (χ2n) is 6.04. The van der Waals surface area contributed by atoms with Crippen molar-refractivity contribution in [2.75, 3.05) is 5.43 Å². The molecule has 0 bridgehead atoms. The van der Waals surface area contributed by atoms with Gasteiger partial charge in [-0.3, -0.25) is 15.5 Å². The van der Waals surface area contributed by atoms with E-state index in [4.69, 9.17) is 11.6 Å². The van der Waals surface area contributed by atoms with Crippen molar-refractivity contribution in [3.63, 3.8) is 0 Å². The van der Waals surface area contributed by atoms with Crippen molar-refractivity contribution < 1.29 is 14.8 Å². The minimum atomic E-state index is -1.28. The summed E-state index contributed by atoms with van der Waals surface area (Å²) in [5.74, 6) is -1.28. The van der Waals surface area contributed by atoms with Gasteiger partial charge in [0.2, 0.25) is 5.13 Å². The van der Waals surface area contributed by atoms with Gasteiger partial charge in [-0.1, -0.05) is 41.9 Å². The second kappa shape index (κ2) is 8.80. The number of aryl methyl sites for hydroxylation is 1. The summed E-state index contributed by atoms with van der Waals surface area (Å²) in [7, 11) is 0. The van der Waals surface area contributed by atoms with Crippen molar-refractivity contribution in [2.24, 2.45) is 5.10 Å². The highest BCUT2D eigenvalue weighted by Gasteiger charge is 2.18. The van der Waals surface area contributed by atoms with Crippen LogP contribution in [-0.2, 0) is 11.2 Å². The topological polar surface area (TPSA) is 118 Å². The molecule has 0 saturated carbocycles.